The van der Waals surface area contributed by atoms with E-state index in [-0.39, 0.29) is 12.2 Å². The molecule has 0 fully saturated rings. The second-order valence-electron chi connectivity index (χ2n) is 8.69. The largest absolute Gasteiger partial charge is 0.493 e. The first-order valence-electron chi connectivity index (χ1n) is 12.8. The van der Waals surface area contributed by atoms with Crippen molar-refractivity contribution in [3.63, 3.8) is 0 Å². The van der Waals surface area contributed by atoms with Gasteiger partial charge in [-0.2, -0.15) is 5.10 Å². The molecular formula is C32H31FN2O6. The highest BCUT2D eigenvalue weighted by Gasteiger charge is 2.15. The first-order valence-corrected chi connectivity index (χ1v) is 12.8. The summed E-state index contributed by atoms with van der Waals surface area (Å²) in [6, 6.07) is 17.3. The number of hydrogen-bond donors (Lipinski definition) is 0. The Labute approximate surface area is 238 Å². The van der Waals surface area contributed by atoms with Crippen molar-refractivity contribution in [3.8, 4) is 28.7 Å². The summed E-state index contributed by atoms with van der Waals surface area (Å²) in [7, 11) is 6.32. The number of ether oxygens (including phenoxy) is 5. The van der Waals surface area contributed by atoms with Crippen molar-refractivity contribution in [2.24, 2.45) is 0 Å². The first kappa shape index (κ1) is 28.9. The monoisotopic (exact) mass is 558 g/mol. The van der Waals surface area contributed by atoms with Crippen LogP contribution in [0.3, 0.4) is 0 Å². The van der Waals surface area contributed by atoms with Crippen LogP contribution in [-0.2, 0) is 4.74 Å². The maximum absolute atomic E-state index is 14.9. The highest BCUT2D eigenvalue weighted by Crippen LogP contribution is 2.30. The molecule has 3 aromatic carbocycles. The smallest absolute Gasteiger partial charge is 0.341 e. The van der Waals surface area contributed by atoms with Crippen molar-refractivity contribution in [3.05, 3.63) is 94.6 Å². The van der Waals surface area contributed by atoms with Gasteiger partial charge in [-0.1, -0.05) is 24.3 Å². The lowest BCUT2D eigenvalue weighted by Crippen LogP contribution is -2.08. The van der Waals surface area contributed by atoms with Gasteiger partial charge in [-0.15, -0.1) is 0 Å². The second kappa shape index (κ2) is 13.3. The van der Waals surface area contributed by atoms with Crippen LogP contribution in [0.25, 0.3) is 30.0 Å². The molecule has 1 aromatic heterocycles. The quantitative estimate of drug-likeness (QED) is 0.193. The molecule has 0 saturated heterocycles. The van der Waals surface area contributed by atoms with E-state index in [9.17, 15) is 9.18 Å². The van der Waals surface area contributed by atoms with Crippen molar-refractivity contribution in [1.82, 2.24) is 9.78 Å². The summed E-state index contributed by atoms with van der Waals surface area (Å²) >= 11 is 0. The minimum absolute atomic E-state index is 0.140. The molecule has 0 unspecified atom stereocenters. The van der Waals surface area contributed by atoms with E-state index in [1.54, 1.807) is 46.1 Å². The van der Waals surface area contributed by atoms with Gasteiger partial charge in [0.2, 0.25) is 0 Å². The van der Waals surface area contributed by atoms with Gasteiger partial charge in [-0.25, -0.2) is 13.9 Å². The van der Waals surface area contributed by atoms with Crippen LogP contribution in [0.1, 0.15) is 39.8 Å². The molecule has 0 N–H and O–H groups in total. The van der Waals surface area contributed by atoms with Gasteiger partial charge >= 0.3 is 5.97 Å². The fourth-order valence-corrected chi connectivity index (χ4v) is 4.11. The van der Waals surface area contributed by atoms with E-state index in [1.807, 2.05) is 66.8 Å². The van der Waals surface area contributed by atoms with E-state index in [0.29, 0.717) is 40.1 Å². The van der Waals surface area contributed by atoms with Crippen LogP contribution in [0.4, 0.5) is 4.39 Å². The number of hydrogen-bond acceptors (Lipinski definition) is 7. The van der Waals surface area contributed by atoms with E-state index in [1.165, 1.54) is 12.1 Å². The number of carbonyl (C=O) groups is 1. The Morgan fingerprint density at radius 1 is 0.756 bits per heavy atom. The van der Waals surface area contributed by atoms with Crippen LogP contribution in [-0.4, -0.2) is 50.8 Å². The molecule has 212 valence electrons. The summed E-state index contributed by atoms with van der Waals surface area (Å²) in [6.45, 7) is 1.82. The lowest BCUT2D eigenvalue weighted by molar-refractivity contribution is 0.0521. The molecule has 8 nitrogen and oxygen atoms in total. The minimum Gasteiger partial charge on any atom is -0.493 e. The van der Waals surface area contributed by atoms with E-state index < -0.39 is 11.8 Å². The molecule has 0 spiro atoms. The number of aromatic nitrogens is 2. The number of benzene rings is 3. The summed E-state index contributed by atoms with van der Waals surface area (Å²) in [4.78, 5) is 12.1. The fraction of sp³-hybridized carbons (Fsp3) is 0.188. The summed E-state index contributed by atoms with van der Waals surface area (Å²) in [5.74, 6) is 1.03. The zero-order valence-corrected chi connectivity index (χ0v) is 23.5. The Morgan fingerprint density at radius 3 is 1.88 bits per heavy atom. The predicted molar refractivity (Wildman–Crippen MR) is 156 cm³/mol. The van der Waals surface area contributed by atoms with Gasteiger partial charge in [0.05, 0.1) is 57.7 Å². The average Bonchev–Trinajstić information content (AvgIpc) is 3.41. The van der Waals surface area contributed by atoms with Crippen LogP contribution in [0, 0.1) is 5.82 Å². The Balaban J connectivity index is 1.73. The fourth-order valence-electron chi connectivity index (χ4n) is 4.11. The molecule has 41 heavy (non-hydrogen) atoms. The molecule has 4 aromatic rings. The zero-order chi connectivity index (χ0) is 29.4. The van der Waals surface area contributed by atoms with E-state index in [2.05, 4.69) is 0 Å². The van der Waals surface area contributed by atoms with Crippen molar-refractivity contribution in [2.75, 3.05) is 35.0 Å². The first-order chi connectivity index (χ1) is 19.9. The van der Waals surface area contributed by atoms with Gasteiger partial charge in [-0.3, -0.25) is 0 Å². The minimum atomic E-state index is -0.718. The molecular weight excluding hydrogens is 527 g/mol. The van der Waals surface area contributed by atoms with Crippen molar-refractivity contribution in [2.45, 2.75) is 6.92 Å². The molecule has 1 heterocycles. The highest BCUT2D eigenvalue weighted by atomic mass is 19.1. The van der Waals surface area contributed by atoms with Crippen molar-refractivity contribution >= 4 is 30.3 Å². The lowest BCUT2D eigenvalue weighted by atomic mass is 10.1. The van der Waals surface area contributed by atoms with Gasteiger partial charge in [0.15, 0.2) is 23.0 Å². The Hall–Kier alpha value is -5.05. The maximum atomic E-state index is 14.9. The molecule has 0 amide bonds. The normalized spacial score (nSPS) is 11.2. The third kappa shape index (κ3) is 6.75. The van der Waals surface area contributed by atoms with Crippen LogP contribution in [0.5, 0.6) is 23.0 Å². The summed E-state index contributed by atoms with van der Waals surface area (Å²) in [5, 5.41) is 4.69. The summed E-state index contributed by atoms with van der Waals surface area (Å²) in [6.07, 6.45) is 7.48. The predicted octanol–water partition coefficient (Wildman–Crippen LogP) is 6.56. The number of methoxy groups -OCH3 is 4. The molecule has 9 heteroatoms. The van der Waals surface area contributed by atoms with Crippen molar-refractivity contribution in [1.29, 1.82) is 0 Å². The SMILES string of the molecule is CCOC(=O)c1ccc(-n2nc(/C=C/c3ccc(OC)c(OC)c3)cc2/C=C/c2ccc(OC)c(OC)c2)cc1F. The standard InChI is InChI=1S/C32H31FN2O6/c1-6-41-32(36)26-14-13-25(20-27(26)33)35-24(12-8-22-10-16-29(38-3)31(18-22)40-5)19-23(34-35)11-7-21-9-15-28(37-2)30(17-21)39-4/h7-20H,6H2,1-5H3/b11-7+,12-8+. The zero-order valence-electron chi connectivity index (χ0n) is 23.5. The van der Waals surface area contributed by atoms with E-state index >= 15 is 0 Å². The second-order valence-corrected chi connectivity index (χ2v) is 8.69. The van der Waals surface area contributed by atoms with Crippen LogP contribution < -0.4 is 18.9 Å². The van der Waals surface area contributed by atoms with Gasteiger partial charge in [0, 0.05) is 6.07 Å². The molecule has 0 aliphatic carbocycles. The molecule has 0 saturated carbocycles. The van der Waals surface area contributed by atoms with Crippen LogP contribution in [0.2, 0.25) is 0 Å². The molecule has 0 atom stereocenters. The number of rotatable bonds is 11. The Kier molecular flexibility index (Phi) is 9.42. The molecule has 0 radical (unpaired) electrons. The lowest BCUT2D eigenvalue weighted by Gasteiger charge is -2.09. The van der Waals surface area contributed by atoms with Gasteiger partial charge in [-0.05, 0) is 72.7 Å². The van der Waals surface area contributed by atoms with Gasteiger partial charge < -0.3 is 23.7 Å². The summed E-state index contributed by atoms with van der Waals surface area (Å²) in [5.41, 5.74) is 3.34. The third-order valence-corrected chi connectivity index (χ3v) is 6.16. The van der Waals surface area contributed by atoms with E-state index in [0.717, 1.165) is 11.1 Å². The van der Waals surface area contributed by atoms with Crippen LogP contribution >= 0.6 is 0 Å². The number of nitrogens with zero attached hydrogens (tertiary/aromatic N) is 2. The molecule has 0 aliphatic heterocycles. The maximum Gasteiger partial charge on any atom is 0.341 e. The average molecular weight is 559 g/mol. The summed E-state index contributed by atoms with van der Waals surface area (Å²) < 4.78 is 42.9. The number of esters is 1. The molecule has 0 aliphatic rings. The number of carbonyl (C=O) groups excluding carboxylic acids is 1. The van der Waals surface area contributed by atoms with Gasteiger partial charge in [0.25, 0.3) is 0 Å². The Morgan fingerprint density at radius 2 is 1.34 bits per heavy atom. The topological polar surface area (TPSA) is 81.0 Å². The molecule has 4 rings (SSSR count). The van der Waals surface area contributed by atoms with E-state index in [4.69, 9.17) is 28.8 Å². The van der Waals surface area contributed by atoms with Crippen LogP contribution in [0.15, 0.2) is 60.7 Å². The highest BCUT2D eigenvalue weighted by molar-refractivity contribution is 5.90. The molecule has 0 bridgehead atoms. The number of halogens is 1. The van der Waals surface area contributed by atoms with Gasteiger partial charge in [0.1, 0.15) is 5.82 Å². The van der Waals surface area contributed by atoms with Crippen molar-refractivity contribution < 1.29 is 32.9 Å². The third-order valence-electron chi connectivity index (χ3n) is 6.16. The Bertz CT molecular complexity index is 1590.